The van der Waals surface area contributed by atoms with Crippen molar-refractivity contribution in [3.8, 4) is 0 Å². The van der Waals surface area contributed by atoms with Gasteiger partial charge in [-0.2, -0.15) is 0 Å². The summed E-state index contributed by atoms with van der Waals surface area (Å²) in [4.78, 5) is 0. The van der Waals surface area contributed by atoms with E-state index in [0.29, 0.717) is 11.3 Å². The molecule has 0 fully saturated rings. The standard InChI is InChI=1S/C10H14FNO2/c1-7-2-3-8(4-10(7)11)12-5-9(14)6-13/h2-4,9,12-14H,5-6H2,1H3. The van der Waals surface area contributed by atoms with Crippen molar-refractivity contribution < 1.29 is 14.6 Å². The van der Waals surface area contributed by atoms with Crippen LogP contribution < -0.4 is 5.32 Å². The molecule has 0 radical (unpaired) electrons. The minimum absolute atomic E-state index is 0.207. The molecule has 0 bridgehead atoms. The second-order valence-corrected chi connectivity index (χ2v) is 3.18. The number of hydrogen-bond acceptors (Lipinski definition) is 3. The van der Waals surface area contributed by atoms with E-state index in [1.807, 2.05) is 0 Å². The number of halogens is 1. The smallest absolute Gasteiger partial charge is 0.128 e. The first-order valence-electron chi connectivity index (χ1n) is 4.42. The van der Waals surface area contributed by atoms with E-state index in [0.717, 1.165) is 0 Å². The molecule has 0 spiro atoms. The molecule has 3 N–H and O–H groups in total. The molecule has 0 amide bonds. The Balaban J connectivity index is 2.55. The maximum atomic E-state index is 13.0. The molecule has 1 rings (SSSR count). The molecule has 3 nitrogen and oxygen atoms in total. The Labute approximate surface area is 82.2 Å². The normalized spacial score (nSPS) is 12.6. The highest BCUT2D eigenvalue weighted by atomic mass is 19.1. The van der Waals surface area contributed by atoms with Crippen LogP contribution in [0, 0.1) is 12.7 Å². The molecule has 0 saturated carbocycles. The van der Waals surface area contributed by atoms with Gasteiger partial charge in [-0.25, -0.2) is 4.39 Å². The minimum Gasteiger partial charge on any atom is -0.394 e. The molecule has 1 atom stereocenters. The monoisotopic (exact) mass is 199 g/mol. The highest BCUT2D eigenvalue weighted by Gasteiger charge is 2.02. The molecule has 0 aliphatic carbocycles. The van der Waals surface area contributed by atoms with E-state index >= 15 is 0 Å². The SMILES string of the molecule is Cc1ccc(NCC(O)CO)cc1F. The Morgan fingerprint density at radius 2 is 2.21 bits per heavy atom. The van der Waals surface area contributed by atoms with Crippen LogP contribution in [0.3, 0.4) is 0 Å². The summed E-state index contributed by atoms with van der Waals surface area (Å²) in [7, 11) is 0. The van der Waals surface area contributed by atoms with E-state index in [1.54, 1.807) is 19.1 Å². The predicted molar refractivity (Wildman–Crippen MR) is 52.7 cm³/mol. The van der Waals surface area contributed by atoms with Crippen molar-refractivity contribution in [2.45, 2.75) is 13.0 Å². The maximum absolute atomic E-state index is 13.0. The molecular weight excluding hydrogens is 185 g/mol. The van der Waals surface area contributed by atoms with Gasteiger partial charge in [0, 0.05) is 12.2 Å². The lowest BCUT2D eigenvalue weighted by Gasteiger charge is -2.10. The lowest BCUT2D eigenvalue weighted by atomic mass is 10.2. The third-order valence-corrected chi connectivity index (χ3v) is 1.92. The first-order valence-corrected chi connectivity index (χ1v) is 4.42. The van der Waals surface area contributed by atoms with Crippen molar-refractivity contribution in [3.05, 3.63) is 29.6 Å². The fourth-order valence-corrected chi connectivity index (χ4v) is 1.00. The first kappa shape index (κ1) is 10.9. The number of aliphatic hydroxyl groups excluding tert-OH is 2. The van der Waals surface area contributed by atoms with Crippen LogP contribution >= 0.6 is 0 Å². The van der Waals surface area contributed by atoms with Gasteiger partial charge in [0.1, 0.15) is 5.82 Å². The zero-order valence-corrected chi connectivity index (χ0v) is 8.00. The molecule has 4 heteroatoms. The van der Waals surface area contributed by atoms with E-state index in [1.165, 1.54) is 6.07 Å². The summed E-state index contributed by atoms with van der Waals surface area (Å²) in [6, 6.07) is 4.74. The molecule has 0 aliphatic rings. The van der Waals surface area contributed by atoms with Crippen LogP contribution in [0.1, 0.15) is 5.56 Å². The number of nitrogens with one attached hydrogen (secondary N) is 1. The van der Waals surface area contributed by atoms with Crippen LogP contribution in [-0.2, 0) is 0 Å². The number of rotatable bonds is 4. The van der Waals surface area contributed by atoms with Crippen LogP contribution in [0.5, 0.6) is 0 Å². The topological polar surface area (TPSA) is 52.5 Å². The lowest BCUT2D eigenvalue weighted by molar-refractivity contribution is 0.105. The van der Waals surface area contributed by atoms with Gasteiger partial charge >= 0.3 is 0 Å². The molecule has 0 aliphatic heterocycles. The van der Waals surface area contributed by atoms with E-state index < -0.39 is 6.10 Å². The molecule has 0 aromatic heterocycles. The third kappa shape index (κ3) is 2.97. The summed E-state index contributed by atoms with van der Waals surface area (Å²) in [6.07, 6.45) is -0.820. The van der Waals surface area contributed by atoms with Crippen molar-refractivity contribution >= 4 is 5.69 Å². The Morgan fingerprint density at radius 1 is 1.50 bits per heavy atom. The summed E-state index contributed by atoms with van der Waals surface area (Å²) in [5.41, 5.74) is 1.18. The molecule has 78 valence electrons. The van der Waals surface area contributed by atoms with E-state index in [-0.39, 0.29) is 19.0 Å². The average Bonchev–Trinajstić information content (AvgIpc) is 2.19. The number of aliphatic hydroxyl groups is 2. The predicted octanol–water partition coefficient (Wildman–Crippen LogP) is 0.899. The molecule has 1 unspecified atom stereocenters. The van der Waals surface area contributed by atoms with Gasteiger partial charge in [-0.05, 0) is 24.6 Å². The number of aryl methyl sites for hydroxylation is 1. The molecule has 14 heavy (non-hydrogen) atoms. The van der Waals surface area contributed by atoms with Crippen molar-refractivity contribution in [3.63, 3.8) is 0 Å². The van der Waals surface area contributed by atoms with Gasteiger partial charge in [-0.3, -0.25) is 0 Å². The largest absolute Gasteiger partial charge is 0.394 e. The summed E-state index contributed by atoms with van der Waals surface area (Å²) < 4.78 is 13.0. The Kier molecular flexibility index (Phi) is 3.85. The van der Waals surface area contributed by atoms with Gasteiger partial charge < -0.3 is 15.5 Å². The van der Waals surface area contributed by atoms with Crippen LogP contribution in [0.2, 0.25) is 0 Å². The third-order valence-electron chi connectivity index (χ3n) is 1.92. The van der Waals surface area contributed by atoms with Crippen LogP contribution in [0.25, 0.3) is 0 Å². The summed E-state index contributed by atoms with van der Waals surface area (Å²) in [5.74, 6) is -0.284. The van der Waals surface area contributed by atoms with Crippen LogP contribution in [-0.4, -0.2) is 29.5 Å². The van der Waals surface area contributed by atoms with Crippen molar-refractivity contribution in [1.82, 2.24) is 0 Å². The van der Waals surface area contributed by atoms with E-state index in [2.05, 4.69) is 5.32 Å². The minimum atomic E-state index is -0.820. The highest BCUT2D eigenvalue weighted by Crippen LogP contribution is 2.13. The second kappa shape index (κ2) is 4.93. The zero-order chi connectivity index (χ0) is 10.6. The van der Waals surface area contributed by atoms with Crippen LogP contribution in [0.15, 0.2) is 18.2 Å². The summed E-state index contributed by atoms with van der Waals surface area (Å²) in [6.45, 7) is 1.59. The van der Waals surface area contributed by atoms with Crippen LogP contribution in [0.4, 0.5) is 10.1 Å². The quantitative estimate of drug-likeness (QED) is 0.675. The fraction of sp³-hybridized carbons (Fsp3) is 0.400. The maximum Gasteiger partial charge on any atom is 0.128 e. The van der Waals surface area contributed by atoms with Gasteiger partial charge in [0.2, 0.25) is 0 Å². The van der Waals surface area contributed by atoms with E-state index in [4.69, 9.17) is 10.2 Å². The Hall–Kier alpha value is -1.13. The first-order chi connectivity index (χ1) is 6.63. The number of hydrogen-bond donors (Lipinski definition) is 3. The van der Waals surface area contributed by atoms with Gasteiger partial charge in [-0.15, -0.1) is 0 Å². The second-order valence-electron chi connectivity index (χ2n) is 3.18. The molecule has 1 aromatic carbocycles. The Morgan fingerprint density at radius 3 is 2.79 bits per heavy atom. The fourth-order valence-electron chi connectivity index (χ4n) is 1.00. The summed E-state index contributed by atoms with van der Waals surface area (Å²) >= 11 is 0. The van der Waals surface area contributed by atoms with E-state index in [9.17, 15) is 4.39 Å². The number of benzene rings is 1. The van der Waals surface area contributed by atoms with Gasteiger partial charge in [0.05, 0.1) is 12.7 Å². The highest BCUT2D eigenvalue weighted by molar-refractivity contribution is 5.45. The molecular formula is C10H14FNO2. The molecule has 1 aromatic rings. The molecule has 0 heterocycles. The zero-order valence-electron chi connectivity index (χ0n) is 8.00. The lowest BCUT2D eigenvalue weighted by Crippen LogP contribution is -2.22. The van der Waals surface area contributed by atoms with Crippen molar-refractivity contribution in [2.24, 2.45) is 0 Å². The number of anilines is 1. The average molecular weight is 199 g/mol. The van der Waals surface area contributed by atoms with Crippen molar-refractivity contribution in [1.29, 1.82) is 0 Å². The van der Waals surface area contributed by atoms with Gasteiger partial charge in [0.15, 0.2) is 0 Å². The van der Waals surface area contributed by atoms with Gasteiger partial charge in [-0.1, -0.05) is 6.07 Å². The summed E-state index contributed by atoms with van der Waals surface area (Å²) in [5, 5.41) is 20.4. The van der Waals surface area contributed by atoms with Crippen molar-refractivity contribution in [2.75, 3.05) is 18.5 Å². The van der Waals surface area contributed by atoms with Gasteiger partial charge in [0.25, 0.3) is 0 Å². The Bertz CT molecular complexity index is 304. The molecule has 0 saturated heterocycles.